The lowest BCUT2D eigenvalue weighted by molar-refractivity contribution is -0.139. The molecule has 0 aliphatic heterocycles. The van der Waals surface area contributed by atoms with E-state index in [9.17, 15) is 13.2 Å². The molecule has 0 aromatic carbocycles. The third kappa shape index (κ3) is 4.56. The van der Waals surface area contributed by atoms with Crippen molar-refractivity contribution in [2.24, 2.45) is 5.73 Å². The minimum atomic E-state index is -4.23. The largest absolute Gasteiger partial charge is 0.477 e. The molecule has 22 heavy (non-hydrogen) atoms. The van der Waals surface area contributed by atoms with Crippen molar-refractivity contribution in [2.75, 3.05) is 13.2 Å². The van der Waals surface area contributed by atoms with Gasteiger partial charge < -0.3 is 10.5 Å². The van der Waals surface area contributed by atoms with E-state index in [0.29, 0.717) is 24.7 Å². The number of halogens is 3. The van der Waals surface area contributed by atoms with Gasteiger partial charge in [-0.2, -0.15) is 18.2 Å². The lowest BCUT2D eigenvalue weighted by Crippen LogP contribution is -2.17. The summed E-state index contributed by atoms with van der Waals surface area (Å²) < 4.78 is 42.2. The van der Waals surface area contributed by atoms with Crippen LogP contribution in [-0.4, -0.2) is 29.3 Å². The Labute approximate surface area is 128 Å². The first-order valence-electron chi connectivity index (χ1n) is 7.62. The van der Waals surface area contributed by atoms with Gasteiger partial charge in [-0.1, -0.05) is 13.8 Å². The van der Waals surface area contributed by atoms with Gasteiger partial charge in [0.15, 0.2) is 0 Å². The number of hydrogen-bond donors (Lipinski definition) is 1. The number of aromatic nitrogens is 2. The van der Waals surface area contributed by atoms with Crippen LogP contribution in [0.25, 0.3) is 0 Å². The molecule has 4 nitrogen and oxygen atoms in total. The van der Waals surface area contributed by atoms with E-state index in [4.69, 9.17) is 10.5 Å². The van der Waals surface area contributed by atoms with E-state index >= 15 is 0 Å². The number of ether oxygens (including phenoxy) is 1. The predicted octanol–water partition coefficient (Wildman–Crippen LogP) is 3.31. The fraction of sp³-hybridized carbons (Fsp3) is 0.733. The predicted molar refractivity (Wildman–Crippen MR) is 77.0 cm³/mol. The maximum atomic E-state index is 12.3. The molecule has 0 saturated heterocycles. The van der Waals surface area contributed by atoms with E-state index in [2.05, 4.69) is 9.97 Å². The van der Waals surface area contributed by atoms with Gasteiger partial charge in [-0.05, 0) is 31.7 Å². The van der Waals surface area contributed by atoms with Crippen LogP contribution >= 0.6 is 0 Å². The molecule has 1 heterocycles. The molecule has 124 valence electrons. The minimum Gasteiger partial charge on any atom is -0.477 e. The van der Waals surface area contributed by atoms with E-state index in [1.165, 1.54) is 0 Å². The van der Waals surface area contributed by atoms with Gasteiger partial charge in [-0.15, -0.1) is 0 Å². The zero-order valence-corrected chi connectivity index (χ0v) is 12.9. The van der Waals surface area contributed by atoms with Crippen LogP contribution < -0.4 is 10.5 Å². The molecule has 0 amide bonds. The van der Waals surface area contributed by atoms with Crippen molar-refractivity contribution in [2.45, 2.75) is 57.5 Å². The van der Waals surface area contributed by atoms with Gasteiger partial charge in [0.2, 0.25) is 5.88 Å². The molecular weight excluding hydrogens is 295 g/mol. The fourth-order valence-electron chi connectivity index (χ4n) is 2.26. The van der Waals surface area contributed by atoms with Crippen LogP contribution in [0.5, 0.6) is 5.88 Å². The van der Waals surface area contributed by atoms with Crippen LogP contribution in [0.1, 0.15) is 62.0 Å². The molecule has 0 bridgehead atoms. The Morgan fingerprint density at radius 3 is 2.45 bits per heavy atom. The molecule has 0 unspecified atom stereocenters. The van der Waals surface area contributed by atoms with Gasteiger partial charge >= 0.3 is 6.18 Å². The average molecular weight is 317 g/mol. The smallest absolute Gasteiger partial charge is 0.392 e. The van der Waals surface area contributed by atoms with Crippen molar-refractivity contribution in [3.63, 3.8) is 0 Å². The summed E-state index contributed by atoms with van der Waals surface area (Å²) in [5.74, 6) is 1.42. The molecule has 2 rings (SSSR count). The van der Waals surface area contributed by atoms with E-state index < -0.39 is 19.2 Å². The standard InChI is InChI=1S/C15H22F3N3O/c1-9(2)12-11(5-7-19)14(22-8-6-15(16,17)18)21-13(20-12)10-3-4-10/h9-10H,3-8,19H2,1-2H3. The maximum Gasteiger partial charge on any atom is 0.392 e. The van der Waals surface area contributed by atoms with E-state index in [1.807, 2.05) is 13.8 Å². The van der Waals surface area contributed by atoms with Crippen molar-refractivity contribution >= 4 is 0 Å². The summed E-state index contributed by atoms with van der Waals surface area (Å²) in [5.41, 5.74) is 7.19. The summed E-state index contributed by atoms with van der Waals surface area (Å²) in [6, 6.07) is 0. The Morgan fingerprint density at radius 1 is 1.27 bits per heavy atom. The quantitative estimate of drug-likeness (QED) is 0.838. The molecule has 1 aromatic heterocycles. The fourth-order valence-corrected chi connectivity index (χ4v) is 2.26. The van der Waals surface area contributed by atoms with E-state index in [1.54, 1.807) is 0 Å². The molecule has 1 aromatic rings. The SMILES string of the molecule is CC(C)c1nc(C2CC2)nc(OCCC(F)(F)F)c1CCN. The summed E-state index contributed by atoms with van der Waals surface area (Å²) in [5, 5.41) is 0. The van der Waals surface area contributed by atoms with Gasteiger partial charge in [0, 0.05) is 11.5 Å². The molecule has 0 spiro atoms. The monoisotopic (exact) mass is 317 g/mol. The van der Waals surface area contributed by atoms with E-state index in [0.717, 1.165) is 24.1 Å². The second-order valence-corrected chi connectivity index (χ2v) is 5.93. The van der Waals surface area contributed by atoms with Gasteiger partial charge in [0.25, 0.3) is 0 Å². The number of alkyl halides is 3. The Hall–Kier alpha value is -1.37. The summed E-state index contributed by atoms with van der Waals surface area (Å²) >= 11 is 0. The van der Waals surface area contributed by atoms with Gasteiger partial charge in [-0.3, -0.25) is 0 Å². The maximum absolute atomic E-state index is 12.3. The molecule has 7 heteroatoms. The van der Waals surface area contributed by atoms with Crippen molar-refractivity contribution in [3.8, 4) is 5.88 Å². The summed E-state index contributed by atoms with van der Waals surface area (Å²) in [6.45, 7) is 3.94. The number of nitrogens with two attached hydrogens (primary N) is 1. The highest BCUT2D eigenvalue weighted by molar-refractivity contribution is 5.34. The molecule has 1 fully saturated rings. The summed E-state index contributed by atoms with van der Waals surface area (Å²) in [7, 11) is 0. The lowest BCUT2D eigenvalue weighted by atomic mass is 10.0. The Kier molecular flexibility index (Phi) is 5.26. The van der Waals surface area contributed by atoms with E-state index in [-0.39, 0.29) is 11.8 Å². The molecule has 1 aliphatic rings. The van der Waals surface area contributed by atoms with Crippen molar-refractivity contribution in [3.05, 3.63) is 17.1 Å². The Balaban J connectivity index is 2.26. The first kappa shape index (κ1) is 17.0. The van der Waals surface area contributed by atoms with Crippen LogP contribution in [0.3, 0.4) is 0 Å². The first-order chi connectivity index (χ1) is 10.3. The second kappa shape index (κ2) is 6.81. The molecule has 2 N–H and O–H groups in total. The highest BCUT2D eigenvalue weighted by Gasteiger charge is 2.30. The average Bonchev–Trinajstić information content (AvgIpc) is 3.23. The zero-order chi connectivity index (χ0) is 16.3. The van der Waals surface area contributed by atoms with Gasteiger partial charge in [0.1, 0.15) is 5.82 Å². The normalized spacial score (nSPS) is 15.4. The highest BCUT2D eigenvalue weighted by Crippen LogP contribution is 2.40. The molecule has 1 aliphatic carbocycles. The zero-order valence-electron chi connectivity index (χ0n) is 12.9. The minimum absolute atomic E-state index is 0.145. The van der Waals surface area contributed by atoms with Crippen LogP contribution in [0.15, 0.2) is 0 Å². The van der Waals surface area contributed by atoms with Crippen molar-refractivity contribution in [1.82, 2.24) is 9.97 Å². The Morgan fingerprint density at radius 2 is 1.95 bits per heavy atom. The first-order valence-corrected chi connectivity index (χ1v) is 7.62. The van der Waals surface area contributed by atoms with Crippen LogP contribution in [-0.2, 0) is 6.42 Å². The topological polar surface area (TPSA) is 61.0 Å². The summed E-state index contributed by atoms with van der Waals surface area (Å²) in [6.07, 6.45) is -2.68. The molecular formula is C15H22F3N3O. The van der Waals surface area contributed by atoms with Crippen LogP contribution in [0, 0.1) is 0 Å². The van der Waals surface area contributed by atoms with Crippen molar-refractivity contribution < 1.29 is 17.9 Å². The second-order valence-electron chi connectivity index (χ2n) is 5.93. The van der Waals surface area contributed by atoms with Gasteiger partial charge in [0.05, 0.1) is 18.7 Å². The molecule has 1 saturated carbocycles. The van der Waals surface area contributed by atoms with Crippen molar-refractivity contribution in [1.29, 1.82) is 0 Å². The lowest BCUT2D eigenvalue weighted by Gasteiger charge is -2.17. The number of rotatable bonds is 7. The molecule has 0 atom stereocenters. The number of hydrogen-bond acceptors (Lipinski definition) is 4. The number of nitrogens with zero attached hydrogens (tertiary/aromatic N) is 2. The third-order valence-electron chi connectivity index (χ3n) is 3.53. The van der Waals surface area contributed by atoms with Crippen LogP contribution in [0.2, 0.25) is 0 Å². The molecule has 0 radical (unpaired) electrons. The van der Waals surface area contributed by atoms with Crippen LogP contribution in [0.4, 0.5) is 13.2 Å². The summed E-state index contributed by atoms with van der Waals surface area (Å²) in [4.78, 5) is 8.96. The van der Waals surface area contributed by atoms with Gasteiger partial charge in [-0.25, -0.2) is 4.98 Å². The third-order valence-corrected chi connectivity index (χ3v) is 3.53. The highest BCUT2D eigenvalue weighted by atomic mass is 19.4. The Bertz CT molecular complexity index is 513.